The Bertz CT molecular complexity index is 831. The molecule has 1 aliphatic heterocycles. The molecule has 1 N–H and O–H groups in total. The molecule has 1 saturated heterocycles. The van der Waals surface area contributed by atoms with Gasteiger partial charge >= 0.3 is 6.09 Å². The van der Waals surface area contributed by atoms with Crippen molar-refractivity contribution in [2.24, 2.45) is 13.0 Å². The minimum absolute atomic E-state index is 0.122. The van der Waals surface area contributed by atoms with Crippen LogP contribution in [0.3, 0.4) is 0 Å². The van der Waals surface area contributed by atoms with Gasteiger partial charge in [-0.25, -0.2) is 19.4 Å². The van der Waals surface area contributed by atoms with E-state index in [1.807, 2.05) is 27.8 Å². The number of aromatic nitrogens is 4. The van der Waals surface area contributed by atoms with E-state index in [2.05, 4.69) is 48.1 Å². The third-order valence-electron chi connectivity index (χ3n) is 4.80. The Hall–Kier alpha value is -1.90. The highest BCUT2D eigenvalue weighted by Gasteiger charge is 2.32. The molecule has 0 bridgehead atoms. The van der Waals surface area contributed by atoms with Crippen LogP contribution in [0.4, 0.5) is 10.6 Å². The molecule has 3 heterocycles. The van der Waals surface area contributed by atoms with Gasteiger partial charge in [-0.2, -0.15) is 5.10 Å². The zero-order chi connectivity index (χ0) is 19.8. The molecule has 27 heavy (non-hydrogen) atoms. The monoisotopic (exact) mass is 438 g/mol. The van der Waals surface area contributed by atoms with Crippen LogP contribution in [0.1, 0.15) is 40.5 Å². The van der Waals surface area contributed by atoms with Gasteiger partial charge in [-0.15, -0.1) is 0 Å². The van der Waals surface area contributed by atoms with E-state index in [0.29, 0.717) is 12.5 Å². The van der Waals surface area contributed by atoms with E-state index >= 15 is 0 Å². The Morgan fingerprint density at radius 3 is 2.85 bits per heavy atom. The number of nitrogens with one attached hydrogen (secondary N) is 1. The summed E-state index contributed by atoms with van der Waals surface area (Å²) in [6.45, 7) is 9.17. The second-order valence-electron chi connectivity index (χ2n) is 8.07. The third kappa shape index (κ3) is 4.34. The lowest BCUT2D eigenvalue weighted by molar-refractivity contribution is 0.0519. The predicted molar refractivity (Wildman–Crippen MR) is 108 cm³/mol. The van der Waals surface area contributed by atoms with Crippen LogP contribution in [0.25, 0.3) is 11.0 Å². The van der Waals surface area contributed by atoms with Crippen molar-refractivity contribution >= 4 is 38.9 Å². The molecule has 0 aromatic carbocycles. The van der Waals surface area contributed by atoms with E-state index in [0.717, 1.165) is 40.8 Å². The van der Waals surface area contributed by atoms with Crippen molar-refractivity contribution in [2.45, 2.75) is 52.2 Å². The van der Waals surface area contributed by atoms with Crippen molar-refractivity contribution in [1.82, 2.24) is 25.1 Å². The first-order valence-electron chi connectivity index (χ1n) is 9.24. The Kier molecular flexibility index (Phi) is 5.60. The zero-order valence-corrected chi connectivity index (χ0v) is 18.1. The number of carbonyl (C=O) groups excluding carboxylic acids is 1. The smallest absolute Gasteiger partial charge is 0.407 e. The Morgan fingerprint density at radius 2 is 2.15 bits per heavy atom. The van der Waals surface area contributed by atoms with Gasteiger partial charge in [0, 0.05) is 20.1 Å². The topological polar surface area (TPSA) is 85.2 Å². The maximum absolute atomic E-state index is 12.1. The summed E-state index contributed by atoms with van der Waals surface area (Å²) in [6, 6.07) is 0.122. The maximum atomic E-state index is 12.1. The van der Waals surface area contributed by atoms with Gasteiger partial charge < -0.3 is 15.0 Å². The van der Waals surface area contributed by atoms with Crippen LogP contribution in [-0.2, 0) is 11.8 Å². The number of alkyl carbamates (subject to hydrolysis) is 1. The van der Waals surface area contributed by atoms with Crippen LogP contribution < -0.4 is 10.2 Å². The minimum atomic E-state index is -0.513. The lowest BCUT2D eigenvalue weighted by Gasteiger charge is -2.41. The molecule has 2 unspecified atom stereocenters. The fourth-order valence-corrected chi connectivity index (χ4v) is 4.16. The average Bonchev–Trinajstić information content (AvgIpc) is 2.86. The second kappa shape index (κ2) is 7.61. The molecule has 0 aliphatic carbocycles. The molecule has 0 radical (unpaired) electrons. The summed E-state index contributed by atoms with van der Waals surface area (Å²) < 4.78 is 7.85. The molecule has 3 rings (SSSR count). The van der Waals surface area contributed by atoms with Crippen molar-refractivity contribution in [3.63, 3.8) is 0 Å². The number of anilines is 1. The summed E-state index contributed by atoms with van der Waals surface area (Å²) in [5, 5.41) is 8.25. The highest BCUT2D eigenvalue weighted by atomic mass is 79.9. The number of hydrogen-bond acceptors (Lipinski definition) is 6. The number of ether oxygens (including phenoxy) is 1. The first-order valence-corrected chi connectivity index (χ1v) is 10.0. The number of hydrogen-bond donors (Lipinski definition) is 1. The van der Waals surface area contributed by atoms with Crippen molar-refractivity contribution in [3.05, 3.63) is 10.9 Å². The molecule has 2 atom stereocenters. The van der Waals surface area contributed by atoms with E-state index in [-0.39, 0.29) is 6.04 Å². The van der Waals surface area contributed by atoms with Crippen LogP contribution >= 0.6 is 15.9 Å². The number of amides is 1. The number of fused-ring (bicyclic) bond motifs is 1. The molecule has 1 fully saturated rings. The lowest BCUT2D eigenvalue weighted by atomic mass is 9.90. The summed E-state index contributed by atoms with van der Waals surface area (Å²) in [5.74, 6) is 1.26. The molecule has 1 amide bonds. The van der Waals surface area contributed by atoms with Crippen molar-refractivity contribution < 1.29 is 9.53 Å². The molecule has 0 spiro atoms. The van der Waals surface area contributed by atoms with Crippen LogP contribution in [0, 0.1) is 5.92 Å². The standard InChI is InChI=1S/C18H27BrN6O2/c1-11-7-6-8-25(12(11)9-20-17(26)27-18(2,3)4)16-13-14(19)23-24(5)15(13)21-10-22-16/h10-12H,6-9H2,1-5H3,(H,20,26). The van der Waals surface area contributed by atoms with Gasteiger partial charge in [0.2, 0.25) is 0 Å². The van der Waals surface area contributed by atoms with E-state index in [1.165, 1.54) is 0 Å². The molecule has 2 aromatic rings. The van der Waals surface area contributed by atoms with Crippen molar-refractivity contribution in [3.8, 4) is 0 Å². The summed E-state index contributed by atoms with van der Waals surface area (Å²) >= 11 is 3.54. The predicted octanol–water partition coefficient (Wildman–Crippen LogP) is 3.26. The fourth-order valence-electron chi connectivity index (χ4n) is 3.57. The number of piperidine rings is 1. The van der Waals surface area contributed by atoms with Crippen LogP contribution in [0.5, 0.6) is 0 Å². The lowest BCUT2D eigenvalue weighted by Crippen LogP contribution is -2.51. The summed E-state index contributed by atoms with van der Waals surface area (Å²) in [5.41, 5.74) is 0.269. The Balaban J connectivity index is 1.86. The van der Waals surface area contributed by atoms with Gasteiger partial charge in [0.25, 0.3) is 0 Å². The van der Waals surface area contributed by atoms with Gasteiger partial charge in [-0.1, -0.05) is 6.92 Å². The molecule has 2 aromatic heterocycles. The average molecular weight is 439 g/mol. The van der Waals surface area contributed by atoms with Crippen molar-refractivity contribution in [1.29, 1.82) is 0 Å². The molecule has 8 nitrogen and oxygen atoms in total. The first kappa shape index (κ1) is 19.9. The van der Waals surface area contributed by atoms with Crippen LogP contribution in [-0.4, -0.2) is 50.6 Å². The van der Waals surface area contributed by atoms with E-state index in [1.54, 1.807) is 11.0 Å². The van der Waals surface area contributed by atoms with Gasteiger partial charge in [0.1, 0.15) is 22.3 Å². The third-order valence-corrected chi connectivity index (χ3v) is 5.36. The molecular weight excluding hydrogens is 412 g/mol. The highest BCUT2D eigenvalue weighted by molar-refractivity contribution is 9.10. The van der Waals surface area contributed by atoms with Crippen molar-refractivity contribution in [2.75, 3.05) is 18.0 Å². The molecule has 9 heteroatoms. The second-order valence-corrected chi connectivity index (χ2v) is 8.82. The summed E-state index contributed by atoms with van der Waals surface area (Å²) in [6.07, 6.45) is 3.37. The largest absolute Gasteiger partial charge is 0.444 e. The summed E-state index contributed by atoms with van der Waals surface area (Å²) in [7, 11) is 1.87. The molecule has 1 aliphatic rings. The quantitative estimate of drug-likeness (QED) is 0.791. The van der Waals surface area contributed by atoms with Gasteiger partial charge in [0.15, 0.2) is 5.65 Å². The Morgan fingerprint density at radius 1 is 1.41 bits per heavy atom. The van der Waals surface area contributed by atoms with Gasteiger partial charge in [-0.05, 0) is 55.5 Å². The number of halogens is 1. The number of rotatable bonds is 3. The fraction of sp³-hybridized carbons (Fsp3) is 0.667. The maximum Gasteiger partial charge on any atom is 0.407 e. The number of carbonyl (C=O) groups is 1. The highest BCUT2D eigenvalue weighted by Crippen LogP contribution is 2.34. The molecule has 148 valence electrons. The Labute approximate surface area is 167 Å². The van der Waals surface area contributed by atoms with Crippen LogP contribution in [0.15, 0.2) is 10.9 Å². The first-order chi connectivity index (χ1) is 12.7. The van der Waals surface area contributed by atoms with Crippen LogP contribution in [0.2, 0.25) is 0 Å². The van der Waals surface area contributed by atoms with E-state index in [9.17, 15) is 4.79 Å². The zero-order valence-electron chi connectivity index (χ0n) is 16.5. The van der Waals surface area contributed by atoms with Gasteiger partial charge in [0.05, 0.1) is 11.4 Å². The van der Waals surface area contributed by atoms with E-state index in [4.69, 9.17) is 4.74 Å². The number of nitrogens with zero attached hydrogens (tertiary/aromatic N) is 5. The number of aryl methyl sites for hydroxylation is 1. The van der Waals surface area contributed by atoms with E-state index < -0.39 is 11.7 Å². The normalized spacial score (nSPS) is 20.7. The SMILES string of the molecule is CC1CCCN(c2ncnc3c2c(Br)nn3C)C1CNC(=O)OC(C)(C)C. The molecule has 0 saturated carbocycles. The van der Waals surface area contributed by atoms with Gasteiger partial charge in [-0.3, -0.25) is 0 Å². The minimum Gasteiger partial charge on any atom is -0.444 e. The summed E-state index contributed by atoms with van der Waals surface area (Å²) in [4.78, 5) is 23.3. The molecular formula is C18H27BrN6O2.